The first-order valence-corrected chi connectivity index (χ1v) is 7.47. The fraction of sp³-hybridized carbons (Fsp3) is 0.471. The average Bonchev–Trinajstić information content (AvgIpc) is 2.77. The number of rotatable bonds is 3. The lowest BCUT2D eigenvalue weighted by molar-refractivity contribution is 0.437. The largest absolute Gasteiger partial charge is 0.324 e. The summed E-state index contributed by atoms with van der Waals surface area (Å²) < 4.78 is 2.36. The van der Waals surface area contributed by atoms with Crippen LogP contribution in [0.2, 0.25) is 0 Å². The zero-order valence-corrected chi connectivity index (χ0v) is 12.4. The van der Waals surface area contributed by atoms with Crippen LogP contribution in [0.15, 0.2) is 30.4 Å². The Labute approximate surface area is 120 Å². The van der Waals surface area contributed by atoms with Gasteiger partial charge < -0.3 is 9.88 Å². The molecular weight excluding hydrogens is 246 g/mol. The first-order valence-electron chi connectivity index (χ1n) is 7.47. The van der Waals surface area contributed by atoms with E-state index in [1.165, 1.54) is 35.3 Å². The van der Waals surface area contributed by atoms with Gasteiger partial charge in [-0.1, -0.05) is 18.2 Å². The molecule has 0 aliphatic carbocycles. The minimum absolute atomic E-state index is 0.524. The van der Waals surface area contributed by atoms with Crippen molar-refractivity contribution in [1.29, 1.82) is 0 Å². The van der Waals surface area contributed by atoms with E-state index in [1.807, 2.05) is 0 Å². The van der Waals surface area contributed by atoms with Gasteiger partial charge in [0.05, 0.1) is 11.0 Å². The number of fused-ring (bicyclic) bond motifs is 1. The van der Waals surface area contributed by atoms with Crippen LogP contribution in [0.3, 0.4) is 0 Å². The Hall–Kier alpha value is -1.61. The van der Waals surface area contributed by atoms with Crippen molar-refractivity contribution < 1.29 is 0 Å². The number of nitrogens with zero attached hydrogens (tertiary/aromatic N) is 2. The Morgan fingerprint density at radius 3 is 3.05 bits per heavy atom. The smallest absolute Gasteiger partial charge is 0.114 e. The molecule has 1 aliphatic rings. The van der Waals surface area contributed by atoms with Gasteiger partial charge in [0.25, 0.3) is 0 Å². The molecule has 1 saturated heterocycles. The molecule has 20 heavy (non-hydrogen) atoms. The number of allylic oxidation sites excluding steroid dienone is 1. The molecule has 0 amide bonds. The Kier molecular flexibility index (Phi) is 3.62. The van der Waals surface area contributed by atoms with E-state index in [2.05, 4.69) is 48.5 Å². The van der Waals surface area contributed by atoms with Gasteiger partial charge in [-0.2, -0.15) is 0 Å². The van der Waals surface area contributed by atoms with Crippen molar-refractivity contribution in [2.45, 2.75) is 39.2 Å². The SMILES string of the molecule is C=C(C)Cn1c(C2CCCNC2)nc2cc(C)ccc21. The normalized spacial score (nSPS) is 19.4. The Balaban J connectivity index is 2.10. The van der Waals surface area contributed by atoms with Gasteiger partial charge in [0, 0.05) is 19.0 Å². The molecule has 3 nitrogen and oxygen atoms in total. The van der Waals surface area contributed by atoms with Gasteiger partial charge in [-0.15, -0.1) is 0 Å². The molecule has 0 saturated carbocycles. The van der Waals surface area contributed by atoms with E-state index in [0.29, 0.717) is 5.92 Å². The summed E-state index contributed by atoms with van der Waals surface area (Å²) in [5, 5.41) is 3.49. The lowest BCUT2D eigenvalue weighted by Gasteiger charge is -2.23. The van der Waals surface area contributed by atoms with Crippen LogP contribution < -0.4 is 5.32 Å². The van der Waals surface area contributed by atoms with Gasteiger partial charge in [-0.3, -0.25) is 0 Å². The number of imidazole rings is 1. The summed E-state index contributed by atoms with van der Waals surface area (Å²) in [7, 11) is 0. The summed E-state index contributed by atoms with van der Waals surface area (Å²) in [6.45, 7) is 11.3. The van der Waals surface area contributed by atoms with Gasteiger partial charge in [0.1, 0.15) is 5.82 Å². The van der Waals surface area contributed by atoms with Gasteiger partial charge in [0.15, 0.2) is 0 Å². The molecule has 3 heteroatoms. The number of hydrogen-bond donors (Lipinski definition) is 1. The van der Waals surface area contributed by atoms with Crippen molar-refractivity contribution in [1.82, 2.24) is 14.9 Å². The standard InChI is InChI=1S/C17H23N3/c1-12(2)11-20-16-7-6-13(3)9-15(16)19-17(20)14-5-4-8-18-10-14/h6-7,9,14,18H,1,4-5,8,10-11H2,2-3H3. The molecule has 2 heterocycles. The molecule has 106 valence electrons. The predicted molar refractivity (Wildman–Crippen MR) is 84.1 cm³/mol. The van der Waals surface area contributed by atoms with Crippen molar-refractivity contribution >= 4 is 11.0 Å². The van der Waals surface area contributed by atoms with E-state index in [-0.39, 0.29) is 0 Å². The zero-order chi connectivity index (χ0) is 14.1. The van der Waals surface area contributed by atoms with Gasteiger partial charge in [0.2, 0.25) is 0 Å². The van der Waals surface area contributed by atoms with Crippen molar-refractivity contribution in [2.24, 2.45) is 0 Å². The van der Waals surface area contributed by atoms with Crippen LogP contribution in [0.5, 0.6) is 0 Å². The van der Waals surface area contributed by atoms with Crippen LogP contribution in [0.1, 0.15) is 37.1 Å². The average molecular weight is 269 g/mol. The first kappa shape index (κ1) is 13.4. The molecular formula is C17H23N3. The highest BCUT2D eigenvalue weighted by molar-refractivity contribution is 5.77. The molecule has 3 rings (SSSR count). The predicted octanol–water partition coefficient (Wildman–Crippen LogP) is 3.39. The summed E-state index contributed by atoms with van der Waals surface area (Å²) in [6.07, 6.45) is 2.46. The van der Waals surface area contributed by atoms with Crippen molar-refractivity contribution in [3.63, 3.8) is 0 Å². The van der Waals surface area contributed by atoms with E-state index in [0.717, 1.165) is 25.2 Å². The number of benzene rings is 1. The maximum absolute atomic E-state index is 4.93. The van der Waals surface area contributed by atoms with Crippen molar-refractivity contribution in [3.05, 3.63) is 41.7 Å². The minimum atomic E-state index is 0.524. The summed E-state index contributed by atoms with van der Waals surface area (Å²) in [5.41, 5.74) is 4.80. The quantitative estimate of drug-likeness (QED) is 0.866. The molecule has 0 spiro atoms. The highest BCUT2D eigenvalue weighted by Crippen LogP contribution is 2.27. The summed E-state index contributed by atoms with van der Waals surface area (Å²) >= 11 is 0. The van der Waals surface area contributed by atoms with E-state index in [9.17, 15) is 0 Å². The summed E-state index contributed by atoms with van der Waals surface area (Å²) in [5.74, 6) is 1.75. The second-order valence-electron chi connectivity index (χ2n) is 6.05. The maximum Gasteiger partial charge on any atom is 0.114 e. The third-order valence-corrected chi connectivity index (χ3v) is 4.02. The summed E-state index contributed by atoms with van der Waals surface area (Å²) in [6, 6.07) is 6.55. The van der Waals surface area contributed by atoms with Crippen molar-refractivity contribution in [2.75, 3.05) is 13.1 Å². The van der Waals surface area contributed by atoms with Crippen molar-refractivity contribution in [3.8, 4) is 0 Å². The molecule has 1 atom stereocenters. The number of hydrogen-bond acceptors (Lipinski definition) is 2. The molecule has 1 aromatic heterocycles. The molecule has 2 aromatic rings. The molecule has 0 bridgehead atoms. The molecule has 1 fully saturated rings. The fourth-order valence-electron chi connectivity index (χ4n) is 3.08. The third kappa shape index (κ3) is 2.50. The number of aromatic nitrogens is 2. The zero-order valence-electron chi connectivity index (χ0n) is 12.4. The van der Waals surface area contributed by atoms with Crippen LogP contribution >= 0.6 is 0 Å². The van der Waals surface area contributed by atoms with Crippen LogP contribution in [0, 0.1) is 6.92 Å². The van der Waals surface area contributed by atoms with Crippen LogP contribution in [0.4, 0.5) is 0 Å². The summed E-state index contributed by atoms with van der Waals surface area (Å²) in [4.78, 5) is 4.93. The third-order valence-electron chi connectivity index (χ3n) is 4.02. The fourth-order valence-corrected chi connectivity index (χ4v) is 3.08. The van der Waals surface area contributed by atoms with Crippen LogP contribution in [0.25, 0.3) is 11.0 Å². The van der Waals surface area contributed by atoms with E-state index in [4.69, 9.17) is 4.98 Å². The second kappa shape index (κ2) is 5.41. The Bertz CT molecular complexity index is 633. The molecule has 1 unspecified atom stereocenters. The topological polar surface area (TPSA) is 29.9 Å². The van der Waals surface area contributed by atoms with Gasteiger partial charge in [-0.25, -0.2) is 4.98 Å². The second-order valence-corrected chi connectivity index (χ2v) is 6.05. The monoisotopic (exact) mass is 269 g/mol. The Morgan fingerprint density at radius 2 is 2.35 bits per heavy atom. The lowest BCUT2D eigenvalue weighted by Crippen LogP contribution is -2.30. The first-order chi connectivity index (χ1) is 9.65. The molecule has 1 aliphatic heterocycles. The Morgan fingerprint density at radius 1 is 1.50 bits per heavy atom. The number of piperidine rings is 1. The van der Waals surface area contributed by atoms with Gasteiger partial charge >= 0.3 is 0 Å². The number of nitrogens with one attached hydrogen (secondary N) is 1. The molecule has 0 radical (unpaired) electrons. The van der Waals surface area contributed by atoms with Gasteiger partial charge in [-0.05, 0) is 50.9 Å². The lowest BCUT2D eigenvalue weighted by atomic mass is 9.99. The maximum atomic E-state index is 4.93. The molecule has 1 N–H and O–H groups in total. The van der Waals surface area contributed by atoms with E-state index in [1.54, 1.807) is 0 Å². The molecule has 1 aromatic carbocycles. The van der Waals surface area contributed by atoms with E-state index >= 15 is 0 Å². The number of aryl methyl sites for hydroxylation is 1. The van der Waals surface area contributed by atoms with Crippen LogP contribution in [-0.2, 0) is 6.54 Å². The van der Waals surface area contributed by atoms with Crippen LogP contribution in [-0.4, -0.2) is 22.6 Å². The highest BCUT2D eigenvalue weighted by Gasteiger charge is 2.22. The minimum Gasteiger partial charge on any atom is -0.324 e. The van der Waals surface area contributed by atoms with E-state index < -0.39 is 0 Å². The highest BCUT2D eigenvalue weighted by atomic mass is 15.1.